The molecule has 0 radical (unpaired) electrons. The number of carbonyl (C=O) groups excluding carboxylic acids is 4. The number of rotatable bonds is 5. The molecule has 0 bridgehead atoms. The maximum Gasteiger partial charge on any atom is 0.255 e. The Morgan fingerprint density at radius 1 is 1.31 bits per heavy atom. The van der Waals surface area contributed by atoms with Crippen LogP contribution in [0.3, 0.4) is 0 Å². The maximum absolute atomic E-state index is 12.7. The predicted molar refractivity (Wildman–Crippen MR) is 96.7 cm³/mol. The van der Waals surface area contributed by atoms with Gasteiger partial charge >= 0.3 is 0 Å². The number of hydrogen-bond acceptors (Lipinski definition) is 5. The molecule has 0 saturated carbocycles. The van der Waals surface area contributed by atoms with Gasteiger partial charge in [-0.25, -0.2) is 0 Å². The summed E-state index contributed by atoms with van der Waals surface area (Å²) in [5.74, 6) is -1.20. The molecule has 1 aromatic carbocycles. The van der Waals surface area contributed by atoms with Crippen LogP contribution in [-0.4, -0.2) is 41.1 Å². The molecule has 4 N–H and O–H groups in total. The van der Waals surface area contributed by atoms with Crippen molar-refractivity contribution in [3.8, 4) is 0 Å². The quantitative estimate of drug-likeness (QED) is 0.644. The average Bonchev–Trinajstić information content (AvgIpc) is 2.91. The fraction of sp³-hybridized carbons (Fsp3) is 0.412. The molecule has 0 spiro atoms. The second kappa shape index (κ2) is 8.29. The van der Waals surface area contributed by atoms with Gasteiger partial charge in [-0.15, -0.1) is 12.4 Å². The molecule has 26 heavy (non-hydrogen) atoms. The zero-order valence-corrected chi connectivity index (χ0v) is 14.9. The zero-order valence-electron chi connectivity index (χ0n) is 14.1. The van der Waals surface area contributed by atoms with Crippen molar-refractivity contribution >= 4 is 41.7 Å². The second-order valence-corrected chi connectivity index (χ2v) is 6.17. The molecule has 1 saturated heterocycles. The summed E-state index contributed by atoms with van der Waals surface area (Å²) in [6.07, 6.45) is 1.41. The molecule has 0 aliphatic carbocycles. The molecule has 0 aromatic heterocycles. The summed E-state index contributed by atoms with van der Waals surface area (Å²) in [5, 5.41) is 5.08. The maximum atomic E-state index is 12.7. The Kier molecular flexibility index (Phi) is 6.33. The smallest absolute Gasteiger partial charge is 0.255 e. The van der Waals surface area contributed by atoms with Gasteiger partial charge in [0.1, 0.15) is 6.04 Å². The summed E-state index contributed by atoms with van der Waals surface area (Å²) in [5.41, 5.74) is 7.15. The van der Waals surface area contributed by atoms with E-state index in [0.29, 0.717) is 42.6 Å². The average molecular weight is 381 g/mol. The fourth-order valence-corrected chi connectivity index (χ4v) is 3.18. The van der Waals surface area contributed by atoms with E-state index in [4.69, 9.17) is 5.73 Å². The third-order valence-electron chi connectivity index (χ3n) is 4.46. The Bertz CT molecular complexity index is 752. The number of nitrogens with two attached hydrogens (primary N) is 1. The van der Waals surface area contributed by atoms with Crippen LogP contribution in [0.1, 0.15) is 41.6 Å². The summed E-state index contributed by atoms with van der Waals surface area (Å²) in [6.45, 7) is 0.663. The first-order valence-corrected chi connectivity index (χ1v) is 8.27. The van der Waals surface area contributed by atoms with E-state index in [9.17, 15) is 19.2 Å². The van der Waals surface area contributed by atoms with Gasteiger partial charge in [-0.05, 0) is 31.5 Å². The topological polar surface area (TPSA) is 122 Å². The summed E-state index contributed by atoms with van der Waals surface area (Å²) < 4.78 is 0. The van der Waals surface area contributed by atoms with E-state index in [1.54, 1.807) is 18.2 Å². The van der Waals surface area contributed by atoms with Gasteiger partial charge in [0.25, 0.3) is 5.91 Å². The summed E-state index contributed by atoms with van der Waals surface area (Å²) >= 11 is 0. The molecular formula is C17H21ClN4O4. The summed E-state index contributed by atoms with van der Waals surface area (Å²) in [4.78, 5) is 49.4. The van der Waals surface area contributed by atoms with Crippen LogP contribution in [0.15, 0.2) is 18.2 Å². The largest absolute Gasteiger partial charge is 0.330 e. The van der Waals surface area contributed by atoms with Crippen molar-refractivity contribution in [1.82, 2.24) is 10.2 Å². The second-order valence-electron chi connectivity index (χ2n) is 6.17. The van der Waals surface area contributed by atoms with Crippen LogP contribution in [0.2, 0.25) is 0 Å². The molecule has 9 heteroatoms. The number of fused-ring (bicyclic) bond motifs is 1. The van der Waals surface area contributed by atoms with Crippen molar-refractivity contribution < 1.29 is 19.2 Å². The van der Waals surface area contributed by atoms with Crippen molar-refractivity contribution in [3.05, 3.63) is 29.3 Å². The van der Waals surface area contributed by atoms with Crippen molar-refractivity contribution in [1.29, 1.82) is 0 Å². The molecule has 2 aliphatic heterocycles. The number of anilines is 1. The molecule has 3 rings (SSSR count). The van der Waals surface area contributed by atoms with E-state index in [1.165, 1.54) is 4.90 Å². The van der Waals surface area contributed by atoms with Crippen LogP contribution in [0, 0.1) is 0 Å². The first kappa shape index (κ1) is 19.9. The van der Waals surface area contributed by atoms with Crippen LogP contribution in [0.5, 0.6) is 0 Å². The van der Waals surface area contributed by atoms with Gasteiger partial charge in [-0.1, -0.05) is 6.07 Å². The van der Waals surface area contributed by atoms with E-state index in [1.807, 2.05) is 0 Å². The van der Waals surface area contributed by atoms with Crippen LogP contribution in [-0.2, 0) is 20.9 Å². The van der Waals surface area contributed by atoms with Crippen LogP contribution in [0.25, 0.3) is 0 Å². The lowest BCUT2D eigenvalue weighted by Gasteiger charge is -2.29. The summed E-state index contributed by atoms with van der Waals surface area (Å²) in [7, 11) is 0. The van der Waals surface area contributed by atoms with Crippen molar-refractivity contribution in [2.45, 2.75) is 38.3 Å². The van der Waals surface area contributed by atoms with E-state index >= 15 is 0 Å². The lowest BCUT2D eigenvalue weighted by Crippen LogP contribution is -2.52. The molecule has 1 atom stereocenters. The van der Waals surface area contributed by atoms with E-state index in [0.717, 1.165) is 0 Å². The highest BCUT2D eigenvalue weighted by Crippen LogP contribution is 2.32. The highest BCUT2D eigenvalue weighted by Gasteiger charge is 2.39. The van der Waals surface area contributed by atoms with Crippen LogP contribution in [0.4, 0.5) is 5.69 Å². The van der Waals surface area contributed by atoms with Crippen molar-refractivity contribution in [2.24, 2.45) is 5.73 Å². The number of imide groups is 1. The Morgan fingerprint density at radius 2 is 2.08 bits per heavy atom. The normalized spacial score (nSPS) is 18.9. The molecule has 140 valence electrons. The van der Waals surface area contributed by atoms with E-state index in [2.05, 4.69) is 10.6 Å². The fourth-order valence-electron chi connectivity index (χ4n) is 3.18. The number of carbonyl (C=O) groups is 4. The van der Waals surface area contributed by atoms with Gasteiger partial charge < -0.3 is 16.0 Å². The number of amides is 4. The molecular weight excluding hydrogens is 360 g/mol. The number of piperidine rings is 1. The van der Waals surface area contributed by atoms with Gasteiger partial charge in [0.15, 0.2) is 0 Å². The third kappa shape index (κ3) is 3.86. The minimum absolute atomic E-state index is 0. The first-order valence-electron chi connectivity index (χ1n) is 8.27. The minimum atomic E-state index is -0.668. The van der Waals surface area contributed by atoms with Gasteiger partial charge in [-0.2, -0.15) is 0 Å². The van der Waals surface area contributed by atoms with Crippen molar-refractivity contribution in [2.75, 3.05) is 11.9 Å². The number of benzene rings is 1. The summed E-state index contributed by atoms with van der Waals surface area (Å²) in [6, 6.07) is 4.45. The SMILES string of the molecule is Cl.NCCCC(=O)Nc1cccc2c1CN(C1CCC(=O)NC1=O)C2=O. The molecule has 2 aliphatic rings. The molecule has 2 heterocycles. The van der Waals surface area contributed by atoms with E-state index < -0.39 is 11.9 Å². The molecule has 4 amide bonds. The predicted octanol–water partition coefficient (Wildman–Crippen LogP) is 0.547. The standard InChI is InChI=1S/C17H20N4O4.ClH/c18-8-2-5-14(22)19-12-4-1-3-10-11(12)9-21(17(10)25)13-6-7-15(23)20-16(13)24;/h1,3-4,13H,2,5-9,18H2,(H,19,22)(H,20,23,24);1H. The van der Waals surface area contributed by atoms with Gasteiger partial charge in [0, 0.05) is 36.2 Å². The monoisotopic (exact) mass is 380 g/mol. The zero-order chi connectivity index (χ0) is 18.0. The van der Waals surface area contributed by atoms with Gasteiger partial charge in [-0.3, -0.25) is 24.5 Å². The number of nitrogens with zero attached hydrogens (tertiary/aromatic N) is 1. The third-order valence-corrected chi connectivity index (χ3v) is 4.46. The van der Waals surface area contributed by atoms with Gasteiger partial charge in [0.05, 0.1) is 0 Å². The Balaban J connectivity index is 0.00000243. The van der Waals surface area contributed by atoms with Crippen molar-refractivity contribution in [3.63, 3.8) is 0 Å². The number of halogens is 1. The van der Waals surface area contributed by atoms with Crippen LogP contribution >= 0.6 is 12.4 Å². The molecule has 1 aromatic rings. The number of hydrogen-bond donors (Lipinski definition) is 3. The highest BCUT2D eigenvalue weighted by atomic mass is 35.5. The molecule has 1 fully saturated rings. The Hall–Kier alpha value is -2.45. The Morgan fingerprint density at radius 3 is 2.77 bits per heavy atom. The Labute approximate surface area is 156 Å². The lowest BCUT2D eigenvalue weighted by atomic mass is 10.0. The molecule has 1 unspecified atom stereocenters. The lowest BCUT2D eigenvalue weighted by molar-refractivity contribution is -0.137. The highest BCUT2D eigenvalue weighted by molar-refractivity contribution is 6.06. The first-order chi connectivity index (χ1) is 12.0. The molecule has 8 nitrogen and oxygen atoms in total. The van der Waals surface area contributed by atoms with E-state index in [-0.39, 0.29) is 43.1 Å². The van der Waals surface area contributed by atoms with Gasteiger partial charge in [0.2, 0.25) is 17.7 Å². The van der Waals surface area contributed by atoms with Crippen LogP contribution < -0.4 is 16.4 Å². The minimum Gasteiger partial charge on any atom is -0.330 e. The number of nitrogens with one attached hydrogen (secondary N) is 2.